The van der Waals surface area contributed by atoms with Gasteiger partial charge in [-0.25, -0.2) is 4.79 Å². The van der Waals surface area contributed by atoms with Gasteiger partial charge in [0, 0.05) is 36.7 Å². The second kappa shape index (κ2) is 4.10. The predicted molar refractivity (Wildman–Crippen MR) is 74.4 cm³/mol. The second-order valence-electron chi connectivity index (χ2n) is 5.27. The summed E-state index contributed by atoms with van der Waals surface area (Å²) in [7, 11) is 1.93. The Morgan fingerprint density at radius 3 is 2.53 bits per heavy atom. The average Bonchev–Trinajstić information content (AvgIpc) is 2.87. The third-order valence-corrected chi connectivity index (χ3v) is 4.26. The lowest BCUT2D eigenvalue weighted by atomic mass is 10.0. The molecular formula is C15H18N2O2. The molecule has 0 radical (unpaired) electrons. The van der Waals surface area contributed by atoms with Crippen molar-refractivity contribution in [1.82, 2.24) is 9.47 Å². The summed E-state index contributed by atoms with van der Waals surface area (Å²) in [5.41, 5.74) is 4.87. The Balaban J connectivity index is 2.26. The van der Waals surface area contributed by atoms with Crippen molar-refractivity contribution >= 4 is 16.9 Å². The van der Waals surface area contributed by atoms with Crippen LogP contribution < -0.4 is 0 Å². The van der Waals surface area contributed by atoms with Gasteiger partial charge in [-0.2, -0.15) is 0 Å². The normalized spacial score (nSPS) is 15.1. The molecule has 2 heterocycles. The predicted octanol–water partition coefficient (Wildman–Crippen LogP) is 2.52. The van der Waals surface area contributed by atoms with Gasteiger partial charge in [-0.05, 0) is 36.7 Å². The summed E-state index contributed by atoms with van der Waals surface area (Å²) in [6.07, 6.45) is 0. The molecule has 0 aliphatic carbocycles. The average molecular weight is 258 g/mol. The SMILES string of the molecule is CCN1Cc2cc3c(C(=O)O)c(C)n(C)c3cc2C1. The van der Waals surface area contributed by atoms with Gasteiger partial charge in [-0.1, -0.05) is 6.92 Å². The molecule has 0 saturated heterocycles. The molecule has 0 bridgehead atoms. The molecule has 1 aromatic heterocycles. The summed E-state index contributed by atoms with van der Waals surface area (Å²) in [5.74, 6) is -0.839. The molecular weight excluding hydrogens is 240 g/mol. The summed E-state index contributed by atoms with van der Waals surface area (Å²) in [4.78, 5) is 13.8. The summed E-state index contributed by atoms with van der Waals surface area (Å²) in [5, 5.41) is 10.3. The Morgan fingerprint density at radius 1 is 1.32 bits per heavy atom. The van der Waals surface area contributed by atoms with E-state index in [0.29, 0.717) is 5.56 Å². The smallest absolute Gasteiger partial charge is 0.338 e. The van der Waals surface area contributed by atoms with Crippen molar-refractivity contribution in [2.45, 2.75) is 26.9 Å². The summed E-state index contributed by atoms with van der Waals surface area (Å²) in [6, 6.07) is 4.22. The molecule has 0 amide bonds. The fourth-order valence-corrected chi connectivity index (χ4v) is 3.02. The number of aromatic nitrogens is 1. The van der Waals surface area contributed by atoms with E-state index in [-0.39, 0.29) is 0 Å². The molecule has 0 spiro atoms. The van der Waals surface area contributed by atoms with Gasteiger partial charge in [0.15, 0.2) is 0 Å². The number of hydrogen-bond donors (Lipinski definition) is 1. The van der Waals surface area contributed by atoms with Crippen molar-refractivity contribution < 1.29 is 9.90 Å². The van der Waals surface area contributed by atoms with Crippen LogP contribution in [0, 0.1) is 6.92 Å². The molecule has 100 valence electrons. The summed E-state index contributed by atoms with van der Waals surface area (Å²) >= 11 is 0. The van der Waals surface area contributed by atoms with Crippen molar-refractivity contribution in [3.63, 3.8) is 0 Å². The first-order valence-electron chi connectivity index (χ1n) is 6.59. The van der Waals surface area contributed by atoms with Crippen LogP contribution in [0.3, 0.4) is 0 Å². The molecule has 1 aliphatic rings. The van der Waals surface area contributed by atoms with Gasteiger partial charge in [0.1, 0.15) is 0 Å². The molecule has 1 aromatic carbocycles. The minimum atomic E-state index is -0.839. The van der Waals surface area contributed by atoms with E-state index in [1.54, 1.807) is 0 Å². The number of carboxylic acid groups (broad SMARTS) is 1. The van der Waals surface area contributed by atoms with Gasteiger partial charge in [-0.3, -0.25) is 4.90 Å². The number of aromatic carboxylic acids is 1. The summed E-state index contributed by atoms with van der Waals surface area (Å²) in [6.45, 7) is 6.93. The number of carbonyl (C=O) groups is 1. The number of fused-ring (bicyclic) bond motifs is 2. The Morgan fingerprint density at radius 2 is 1.95 bits per heavy atom. The largest absolute Gasteiger partial charge is 0.478 e. The Bertz CT molecular complexity index is 685. The first-order chi connectivity index (χ1) is 9.02. The fourth-order valence-electron chi connectivity index (χ4n) is 3.02. The third-order valence-electron chi connectivity index (χ3n) is 4.26. The number of benzene rings is 1. The van der Waals surface area contributed by atoms with Crippen molar-refractivity contribution in [2.75, 3.05) is 6.54 Å². The Hall–Kier alpha value is -1.81. The van der Waals surface area contributed by atoms with Gasteiger partial charge in [0.25, 0.3) is 0 Å². The van der Waals surface area contributed by atoms with Crippen LogP contribution in [-0.2, 0) is 20.1 Å². The molecule has 1 N–H and O–H groups in total. The van der Waals surface area contributed by atoms with Gasteiger partial charge < -0.3 is 9.67 Å². The quantitative estimate of drug-likeness (QED) is 0.900. The first kappa shape index (κ1) is 12.2. The van der Waals surface area contributed by atoms with Crippen LogP contribution in [0.1, 0.15) is 34.1 Å². The van der Waals surface area contributed by atoms with Gasteiger partial charge in [-0.15, -0.1) is 0 Å². The molecule has 19 heavy (non-hydrogen) atoms. The zero-order valence-corrected chi connectivity index (χ0v) is 11.5. The zero-order chi connectivity index (χ0) is 13.7. The van der Waals surface area contributed by atoms with E-state index in [9.17, 15) is 9.90 Å². The fraction of sp³-hybridized carbons (Fsp3) is 0.400. The Labute approximate surface area is 112 Å². The van der Waals surface area contributed by atoms with Crippen LogP contribution in [0.25, 0.3) is 10.9 Å². The van der Waals surface area contributed by atoms with E-state index >= 15 is 0 Å². The van der Waals surface area contributed by atoms with Crippen molar-refractivity contribution in [1.29, 1.82) is 0 Å². The number of nitrogens with zero attached hydrogens (tertiary/aromatic N) is 2. The van der Waals surface area contributed by atoms with Gasteiger partial charge >= 0.3 is 5.97 Å². The molecule has 2 aromatic rings. The maximum atomic E-state index is 11.4. The van der Waals surface area contributed by atoms with Crippen molar-refractivity contribution in [2.24, 2.45) is 7.05 Å². The zero-order valence-electron chi connectivity index (χ0n) is 11.5. The highest BCUT2D eigenvalue weighted by molar-refractivity contribution is 6.05. The maximum absolute atomic E-state index is 11.4. The molecule has 4 heteroatoms. The van der Waals surface area contributed by atoms with Gasteiger partial charge in [0.2, 0.25) is 0 Å². The lowest BCUT2D eigenvalue weighted by Crippen LogP contribution is -2.14. The van der Waals surface area contributed by atoms with E-state index in [2.05, 4.69) is 24.0 Å². The van der Waals surface area contributed by atoms with Crippen LogP contribution in [0.4, 0.5) is 0 Å². The van der Waals surface area contributed by atoms with Crippen LogP contribution >= 0.6 is 0 Å². The molecule has 0 unspecified atom stereocenters. The number of hydrogen-bond acceptors (Lipinski definition) is 2. The minimum Gasteiger partial charge on any atom is -0.478 e. The molecule has 0 saturated carbocycles. The van der Waals surface area contributed by atoms with Crippen LogP contribution in [0.15, 0.2) is 12.1 Å². The lowest BCUT2D eigenvalue weighted by Gasteiger charge is -2.09. The summed E-state index contributed by atoms with van der Waals surface area (Å²) < 4.78 is 1.98. The van der Waals surface area contributed by atoms with Crippen LogP contribution in [0.5, 0.6) is 0 Å². The number of aryl methyl sites for hydroxylation is 1. The molecule has 0 fully saturated rings. The molecule has 3 rings (SSSR count). The highest BCUT2D eigenvalue weighted by atomic mass is 16.4. The highest BCUT2D eigenvalue weighted by Gasteiger charge is 2.23. The van der Waals surface area contributed by atoms with Crippen molar-refractivity contribution in [3.05, 3.63) is 34.5 Å². The Kier molecular flexibility index (Phi) is 2.64. The standard InChI is InChI=1S/C15H18N2O2/c1-4-17-7-10-5-12-13(6-11(10)8-17)16(3)9(2)14(12)15(18)19/h5-6H,4,7-8H2,1-3H3,(H,18,19). The molecule has 4 nitrogen and oxygen atoms in total. The lowest BCUT2D eigenvalue weighted by molar-refractivity contribution is 0.0698. The second-order valence-corrected chi connectivity index (χ2v) is 5.27. The maximum Gasteiger partial charge on any atom is 0.338 e. The minimum absolute atomic E-state index is 0.440. The van der Waals surface area contributed by atoms with E-state index in [1.165, 1.54) is 11.1 Å². The third kappa shape index (κ3) is 1.67. The molecule has 1 aliphatic heterocycles. The van der Waals surface area contributed by atoms with E-state index in [4.69, 9.17) is 0 Å². The van der Waals surface area contributed by atoms with Crippen molar-refractivity contribution in [3.8, 4) is 0 Å². The number of carboxylic acids is 1. The van der Waals surface area contributed by atoms with Crippen LogP contribution in [0.2, 0.25) is 0 Å². The van der Waals surface area contributed by atoms with Crippen LogP contribution in [-0.4, -0.2) is 27.1 Å². The first-order valence-corrected chi connectivity index (χ1v) is 6.59. The highest BCUT2D eigenvalue weighted by Crippen LogP contribution is 2.32. The van der Waals surface area contributed by atoms with Gasteiger partial charge in [0.05, 0.1) is 5.56 Å². The molecule has 0 atom stereocenters. The van der Waals surface area contributed by atoms with E-state index in [1.807, 2.05) is 18.5 Å². The monoisotopic (exact) mass is 258 g/mol. The number of rotatable bonds is 2. The van der Waals surface area contributed by atoms with E-state index in [0.717, 1.165) is 36.2 Å². The van der Waals surface area contributed by atoms with E-state index < -0.39 is 5.97 Å². The topological polar surface area (TPSA) is 45.5 Å².